The SMILES string of the molecule is CCS(=O)(=O)N1CCN(C(=O)c2cnn3c(O)cc(-c4ccccc4)nc23)CC1. The molecule has 0 atom stereocenters. The molecule has 2 aromatic heterocycles. The number of hydrogen-bond donors (Lipinski definition) is 1. The molecule has 1 N–H and O–H groups in total. The first kappa shape index (κ1) is 19.3. The fourth-order valence-corrected chi connectivity index (χ4v) is 4.46. The molecule has 1 aromatic carbocycles. The second-order valence-corrected chi connectivity index (χ2v) is 9.01. The number of fused-ring (bicyclic) bond motifs is 1. The fourth-order valence-electron chi connectivity index (χ4n) is 3.38. The predicted molar refractivity (Wildman–Crippen MR) is 107 cm³/mol. The molecular weight excluding hydrogens is 394 g/mol. The summed E-state index contributed by atoms with van der Waals surface area (Å²) in [5, 5.41) is 14.4. The van der Waals surface area contributed by atoms with Crippen LogP contribution < -0.4 is 0 Å². The molecule has 1 amide bonds. The molecule has 4 rings (SSSR count). The van der Waals surface area contributed by atoms with Crippen molar-refractivity contribution in [2.75, 3.05) is 31.9 Å². The van der Waals surface area contributed by atoms with E-state index in [2.05, 4.69) is 10.1 Å². The Balaban J connectivity index is 1.63. The standard InChI is InChI=1S/C19H21N5O4S/c1-2-29(27,28)23-10-8-22(9-11-23)19(26)15-13-20-24-17(25)12-16(21-18(15)24)14-6-4-3-5-7-14/h3-7,12-13,25H,2,8-11H2,1H3. The van der Waals surface area contributed by atoms with E-state index in [4.69, 9.17) is 0 Å². The molecule has 0 unspecified atom stereocenters. The zero-order valence-corrected chi connectivity index (χ0v) is 16.7. The number of carbonyl (C=O) groups excluding carboxylic acids is 1. The van der Waals surface area contributed by atoms with E-state index in [9.17, 15) is 18.3 Å². The highest BCUT2D eigenvalue weighted by molar-refractivity contribution is 7.89. The van der Waals surface area contributed by atoms with E-state index in [1.54, 1.807) is 11.8 Å². The molecule has 3 aromatic rings. The number of aromatic hydroxyl groups is 1. The maximum atomic E-state index is 13.0. The monoisotopic (exact) mass is 415 g/mol. The van der Waals surface area contributed by atoms with Crippen LogP contribution in [-0.4, -0.2) is 75.2 Å². The third-order valence-corrected chi connectivity index (χ3v) is 6.92. The van der Waals surface area contributed by atoms with Crippen LogP contribution in [0.1, 0.15) is 17.3 Å². The zero-order valence-electron chi connectivity index (χ0n) is 15.9. The fraction of sp³-hybridized carbons (Fsp3) is 0.316. The molecule has 0 aliphatic carbocycles. The molecule has 1 fully saturated rings. The van der Waals surface area contributed by atoms with Gasteiger partial charge in [-0.1, -0.05) is 30.3 Å². The van der Waals surface area contributed by atoms with Crippen molar-refractivity contribution in [3.8, 4) is 17.1 Å². The quantitative estimate of drug-likeness (QED) is 0.686. The van der Waals surface area contributed by atoms with Crippen LogP contribution in [0.2, 0.25) is 0 Å². The molecule has 1 aliphatic rings. The van der Waals surface area contributed by atoms with E-state index in [1.807, 2.05) is 30.3 Å². The van der Waals surface area contributed by atoms with Crippen molar-refractivity contribution >= 4 is 21.6 Å². The summed E-state index contributed by atoms with van der Waals surface area (Å²) in [5.41, 5.74) is 1.87. The summed E-state index contributed by atoms with van der Waals surface area (Å²) in [5.74, 6) is -0.363. The summed E-state index contributed by atoms with van der Waals surface area (Å²) in [4.78, 5) is 19.2. The molecule has 0 bridgehead atoms. The van der Waals surface area contributed by atoms with Crippen molar-refractivity contribution in [1.29, 1.82) is 0 Å². The van der Waals surface area contributed by atoms with Gasteiger partial charge in [0.05, 0.1) is 17.6 Å². The Bertz CT molecular complexity index is 1150. The Morgan fingerprint density at radius 1 is 1.14 bits per heavy atom. The minimum atomic E-state index is -3.27. The average molecular weight is 415 g/mol. The Hall–Kier alpha value is -2.98. The maximum absolute atomic E-state index is 13.0. The van der Waals surface area contributed by atoms with Crippen molar-refractivity contribution in [3.05, 3.63) is 48.2 Å². The van der Waals surface area contributed by atoms with Gasteiger partial charge in [-0.2, -0.15) is 13.9 Å². The predicted octanol–water partition coefficient (Wildman–Crippen LogP) is 1.21. The van der Waals surface area contributed by atoms with Crippen LogP contribution >= 0.6 is 0 Å². The average Bonchev–Trinajstić information content (AvgIpc) is 3.18. The lowest BCUT2D eigenvalue weighted by Gasteiger charge is -2.33. The van der Waals surface area contributed by atoms with Crippen molar-refractivity contribution in [3.63, 3.8) is 0 Å². The molecular formula is C19H21N5O4S. The molecule has 0 radical (unpaired) electrons. The van der Waals surface area contributed by atoms with Crippen LogP contribution in [0.5, 0.6) is 5.88 Å². The minimum absolute atomic E-state index is 0.0421. The van der Waals surface area contributed by atoms with Gasteiger partial charge in [0.15, 0.2) is 5.65 Å². The van der Waals surface area contributed by atoms with Gasteiger partial charge in [-0.15, -0.1) is 0 Å². The maximum Gasteiger partial charge on any atom is 0.259 e. The van der Waals surface area contributed by atoms with Crippen LogP contribution in [0, 0.1) is 0 Å². The highest BCUT2D eigenvalue weighted by Gasteiger charge is 2.29. The molecule has 152 valence electrons. The Morgan fingerprint density at radius 2 is 1.83 bits per heavy atom. The number of sulfonamides is 1. The number of rotatable bonds is 4. The van der Waals surface area contributed by atoms with E-state index in [1.165, 1.54) is 21.1 Å². The number of benzene rings is 1. The number of carbonyl (C=O) groups is 1. The third kappa shape index (κ3) is 3.56. The lowest BCUT2D eigenvalue weighted by molar-refractivity contribution is 0.0699. The van der Waals surface area contributed by atoms with E-state index in [-0.39, 0.29) is 41.8 Å². The molecule has 29 heavy (non-hydrogen) atoms. The van der Waals surface area contributed by atoms with Gasteiger partial charge in [0.2, 0.25) is 15.9 Å². The number of piperazine rings is 1. The molecule has 0 spiro atoms. The first-order chi connectivity index (χ1) is 13.9. The molecule has 10 heteroatoms. The summed E-state index contributed by atoms with van der Waals surface area (Å²) < 4.78 is 26.7. The number of nitrogens with zero attached hydrogens (tertiary/aromatic N) is 5. The smallest absolute Gasteiger partial charge is 0.259 e. The van der Waals surface area contributed by atoms with Crippen molar-refractivity contribution < 1.29 is 18.3 Å². The van der Waals surface area contributed by atoms with Crippen molar-refractivity contribution in [2.45, 2.75) is 6.92 Å². The summed E-state index contributed by atoms with van der Waals surface area (Å²) in [6.45, 7) is 2.71. The summed E-state index contributed by atoms with van der Waals surface area (Å²) >= 11 is 0. The van der Waals surface area contributed by atoms with E-state index in [0.29, 0.717) is 18.8 Å². The van der Waals surface area contributed by atoms with Gasteiger partial charge in [-0.3, -0.25) is 4.79 Å². The van der Waals surface area contributed by atoms with Gasteiger partial charge in [0.1, 0.15) is 5.56 Å². The summed E-state index contributed by atoms with van der Waals surface area (Å²) in [7, 11) is -3.27. The van der Waals surface area contributed by atoms with Gasteiger partial charge >= 0.3 is 0 Å². The van der Waals surface area contributed by atoms with Gasteiger partial charge < -0.3 is 10.0 Å². The highest BCUT2D eigenvalue weighted by atomic mass is 32.2. The topological polar surface area (TPSA) is 108 Å². The normalized spacial score (nSPS) is 15.7. The highest BCUT2D eigenvalue weighted by Crippen LogP contribution is 2.25. The van der Waals surface area contributed by atoms with E-state index >= 15 is 0 Å². The van der Waals surface area contributed by atoms with Gasteiger partial charge in [-0.25, -0.2) is 13.4 Å². The van der Waals surface area contributed by atoms with E-state index < -0.39 is 10.0 Å². The molecule has 1 saturated heterocycles. The van der Waals surface area contributed by atoms with Crippen LogP contribution in [-0.2, 0) is 10.0 Å². The Kier molecular flexibility index (Phi) is 4.97. The molecule has 1 aliphatic heterocycles. The number of aromatic nitrogens is 3. The van der Waals surface area contributed by atoms with Crippen molar-refractivity contribution in [2.24, 2.45) is 0 Å². The van der Waals surface area contributed by atoms with Gasteiger partial charge in [0, 0.05) is 37.8 Å². The lowest BCUT2D eigenvalue weighted by atomic mass is 10.1. The second-order valence-electron chi connectivity index (χ2n) is 6.75. The first-order valence-corrected chi connectivity index (χ1v) is 10.9. The summed E-state index contributed by atoms with van der Waals surface area (Å²) in [6, 6.07) is 10.8. The molecule has 9 nitrogen and oxygen atoms in total. The van der Waals surface area contributed by atoms with Gasteiger partial charge in [-0.05, 0) is 6.92 Å². The van der Waals surface area contributed by atoms with Crippen molar-refractivity contribution in [1.82, 2.24) is 23.8 Å². The van der Waals surface area contributed by atoms with Crippen LogP contribution in [0.4, 0.5) is 0 Å². The lowest BCUT2D eigenvalue weighted by Crippen LogP contribution is -2.50. The molecule has 3 heterocycles. The third-order valence-electron chi connectivity index (χ3n) is 5.04. The summed E-state index contributed by atoms with van der Waals surface area (Å²) in [6.07, 6.45) is 1.38. The van der Waals surface area contributed by atoms with E-state index in [0.717, 1.165) is 5.56 Å². The zero-order chi connectivity index (χ0) is 20.6. The Labute approximate surface area is 168 Å². The van der Waals surface area contributed by atoms with Gasteiger partial charge in [0.25, 0.3) is 5.91 Å². The largest absolute Gasteiger partial charge is 0.493 e. The number of hydrogen-bond acceptors (Lipinski definition) is 6. The Morgan fingerprint density at radius 3 is 2.48 bits per heavy atom. The van der Waals surface area contributed by atoms with Crippen LogP contribution in [0.15, 0.2) is 42.6 Å². The van der Waals surface area contributed by atoms with Crippen LogP contribution in [0.3, 0.4) is 0 Å². The minimum Gasteiger partial charge on any atom is -0.493 e. The molecule has 0 saturated carbocycles. The first-order valence-electron chi connectivity index (χ1n) is 9.31. The second kappa shape index (κ2) is 7.45. The van der Waals surface area contributed by atoms with Crippen LogP contribution in [0.25, 0.3) is 16.9 Å². The number of amides is 1.